The van der Waals surface area contributed by atoms with Crippen LogP contribution in [0.3, 0.4) is 0 Å². The molecule has 0 aromatic heterocycles. The van der Waals surface area contributed by atoms with Gasteiger partial charge in [0.25, 0.3) is 0 Å². The summed E-state index contributed by atoms with van der Waals surface area (Å²) in [5.41, 5.74) is 0. The number of hydrogen-bond acceptors (Lipinski definition) is 11. The largest absolute Gasteiger partial charge is 0.394 e. The molecule has 1 unspecified atom stereocenters. The molecule has 2 saturated heterocycles. The van der Waals surface area contributed by atoms with Gasteiger partial charge in [0.1, 0.15) is 48.8 Å². The Kier molecular flexibility index (Phi) is 12.8. The summed E-state index contributed by atoms with van der Waals surface area (Å²) in [6.07, 6.45) is -12.0. The van der Waals surface area contributed by atoms with E-state index in [-0.39, 0.29) is 19.0 Å². The van der Waals surface area contributed by atoms with E-state index in [2.05, 4.69) is 5.32 Å². The normalized spacial score (nSPS) is 37.7. The molecule has 0 bridgehead atoms. The van der Waals surface area contributed by atoms with Gasteiger partial charge >= 0.3 is 6.03 Å². The number of ether oxygens (including phenoxy) is 3. The molecule has 2 amide bonds. The van der Waals surface area contributed by atoms with Crippen LogP contribution in [-0.2, 0) is 14.2 Å². The van der Waals surface area contributed by atoms with E-state index in [0.717, 1.165) is 19.3 Å². The second-order valence-electron chi connectivity index (χ2n) is 8.70. The number of aliphatic hydroxyl groups is 7. The number of carbonyl (C=O) groups excluding carboxylic acids is 1. The van der Waals surface area contributed by atoms with E-state index >= 15 is 0 Å². The van der Waals surface area contributed by atoms with Crippen LogP contribution in [0.2, 0.25) is 0 Å². The van der Waals surface area contributed by atoms with Crippen LogP contribution in [0, 0.1) is 0 Å². The molecule has 206 valence electrons. The Morgan fingerprint density at radius 1 is 0.914 bits per heavy atom. The van der Waals surface area contributed by atoms with Crippen molar-refractivity contribution in [3.8, 4) is 0 Å². The first-order chi connectivity index (χ1) is 16.7. The Morgan fingerprint density at radius 3 is 2.20 bits per heavy atom. The summed E-state index contributed by atoms with van der Waals surface area (Å²) in [6.45, 7) is 1.04. The second-order valence-corrected chi connectivity index (χ2v) is 9.08. The quantitative estimate of drug-likeness (QED) is 0.0974. The van der Waals surface area contributed by atoms with Crippen LogP contribution in [0.5, 0.6) is 0 Å². The summed E-state index contributed by atoms with van der Waals surface area (Å²) in [6, 6.07) is -0.566. The van der Waals surface area contributed by atoms with Gasteiger partial charge in [0.2, 0.25) is 0 Å². The number of hydrogen-bond donors (Lipinski definition) is 8. The molecule has 2 fully saturated rings. The number of carbonyl (C=O) groups is 1. The Morgan fingerprint density at radius 2 is 1.60 bits per heavy atom. The summed E-state index contributed by atoms with van der Waals surface area (Å²) in [4.78, 5) is 14.0. The van der Waals surface area contributed by atoms with Gasteiger partial charge in [0, 0.05) is 19.0 Å². The minimum Gasteiger partial charge on any atom is -0.394 e. The maximum absolute atomic E-state index is 12.8. The van der Waals surface area contributed by atoms with Crippen molar-refractivity contribution in [3.63, 3.8) is 0 Å². The van der Waals surface area contributed by atoms with Crippen molar-refractivity contribution >= 4 is 17.6 Å². The van der Waals surface area contributed by atoms with E-state index in [9.17, 15) is 40.5 Å². The lowest BCUT2D eigenvalue weighted by atomic mass is 9.96. The molecule has 10 atom stereocenters. The molecule has 14 heteroatoms. The van der Waals surface area contributed by atoms with Gasteiger partial charge in [0.15, 0.2) is 12.5 Å². The fourth-order valence-corrected chi connectivity index (χ4v) is 4.23. The first-order valence-electron chi connectivity index (χ1n) is 11.9. The molecule has 0 spiro atoms. The van der Waals surface area contributed by atoms with Crippen molar-refractivity contribution in [1.82, 2.24) is 10.2 Å². The smallest absolute Gasteiger partial charge is 0.319 e. The van der Waals surface area contributed by atoms with Crippen LogP contribution in [-0.4, -0.2) is 140 Å². The maximum Gasteiger partial charge on any atom is 0.319 e. The molecule has 0 saturated carbocycles. The highest BCUT2D eigenvalue weighted by atomic mass is 35.5. The molecule has 0 aromatic carbocycles. The van der Waals surface area contributed by atoms with Crippen LogP contribution in [0.1, 0.15) is 32.6 Å². The van der Waals surface area contributed by atoms with Gasteiger partial charge < -0.3 is 55.3 Å². The number of halogens is 1. The van der Waals surface area contributed by atoms with Crippen molar-refractivity contribution in [2.24, 2.45) is 0 Å². The molecule has 2 aliphatic heterocycles. The summed E-state index contributed by atoms with van der Waals surface area (Å²) >= 11 is 5.66. The molecule has 0 aromatic rings. The Bertz CT molecular complexity index is 632. The number of urea groups is 1. The van der Waals surface area contributed by atoms with Crippen molar-refractivity contribution in [2.75, 3.05) is 32.2 Å². The number of rotatable bonds is 12. The number of amides is 2. The zero-order chi connectivity index (χ0) is 26.1. The Balaban J connectivity index is 2.17. The van der Waals surface area contributed by atoms with Gasteiger partial charge in [-0.1, -0.05) is 26.2 Å². The van der Waals surface area contributed by atoms with E-state index in [1.165, 1.54) is 4.90 Å². The van der Waals surface area contributed by atoms with E-state index < -0.39 is 80.6 Å². The molecular formula is C21H39ClN2O11. The highest BCUT2D eigenvalue weighted by Gasteiger charge is 2.51. The third-order valence-corrected chi connectivity index (χ3v) is 6.36. The zero-order valence-corrected chi connectivity index (χ0v) is 20.5. The fraction of sp³-hybridized carbons (Fsp3) is 0.952. The first-order valence-corrected chi connectivity index (χ1v) is 12.4. The summed E-state index contributed by atoms with van der Waals surface area (Å²) < 4.78 is 16.6. The predicted molar refractivity (Wildman–Crippen MR) is 121 cm³/mol. The van der Waals surface area contributed by atoms with Gasteiger partial charge in [-0.2, -0.15) is 0 Å². The van der Waals surface area contributed by atoms with Gasteiger partial charge in [-0.3, -0.25) is 4.90 Å². The third-order valence-electron chi connectivity index (χ3n) is 6.17. The van der Waals surface area contributed by atoms with Crippen LogP contribution in [0.15, 0.2) is 0 Å². The number of alkyl halides is 1. The van der Waals surface area contributed by atoms with Gasteiger partial charge in [-0.15, -0.1) is 11.6 Å². The van der Waals surface area contributed by atoms with Crippen molar-refractivity contribution in [1.29, 1.82) is 0 Å². The van der Waals surface area contributed by atoms with Crippen molar-refractivity contribution in [3.05, 3.63) is 0 Å². The molecule has 2 rings (SSSR count). The van der Waals surface area contributed by atoms with E-state index in [1.807, 2.05) is 6.92 Å². The summed E-state index contributed by atoms with van der Waals surface area (Å²) in [5.74, 6) is 0.167. The monoisotopic (exact) mass is 530 g/mol. The van der Waals surface area contributed by atoms with E-state index in [4.69, 9.17) is 25.8 Å². The number of aliphatic hydroxyl groups excluding tert-OH is 7. The molecule has 0 radical (unpaired) electrons. The van der Waals surface area contributed by atoms with Crippen LogP contribution >= 0.6 is 11.6 Å². The number of nitrogens with one attached hydrogen (secondary N) is 1. The highest BCUT2D eigenvalue weighted by molar-refractivity contribution is 6.18. The van der Waals surface area contributed by atoms with Crippen LogP contribution in [0.25, 0.3) is 0 Å². The molecule has 2 aliphatic rings. The highest BCUT2D eigenvalue weighted by Crippen LogP contribution is 2.30. The lowest BCUT2D eigenvalue weighted by Crippen LogP contribution is -2.67. The van der Waals surface area contributed by atoms with Gasteiger partial charge in [-0.25, -0.2) is 4.79 Å². The Labute approximate surface area is 209 Å². The standard InChI is InChI=1S/C21H39ClN2O11/c1-2-3-4-5-8-24(21(32)23-7-6-22)19-16(30)15(29)18(12(10-26)33-19)35-20-17(31)14(28)13(27)11(9-25)34-20/h11-20,25-31H,2-10H2,1H3,(H,23,32)/t11-,12-,13-,14+,15-,16-,17-,18-,19?,20-/m1/s1. The minimum atomic E-state index is -1.76. The maximum atomic E-state index is 12.8. The topological polar surface area (TPSA) is 202 Å². The molecular weight excluding hydrogens is 492 g/mol. The fourth-order valence-electron chi connectivity index (χ4n) is 4.14. The molecule has 0 aliphatic carbocycles. The number of unbranched alkanes of at least 4 members (excludes halogenated alkanes) is 3. The molecule has 8 N–H and O–H groups in total. The molecule has 2 heterocycles. The predicted octanol–water partition coefficient (Wildman–Crippen LogP) is -2.56. The third kappa shape index (κ3) is 7.58. The van der Waals surface area contributed by atoms with Crippen LogP contribution in [0.4, 0.5) is 4.79 Å². The summed E-state index contributed by atoms with van der Waals surface area (Å²) in [5, 5.41) is 73.7. The Hall–Kier alpha value is -0.840. The lowest BCUT2D eigenvalue weighted by molar-refractivity contribution is -0.347. The average molecular weight is 531 g/mol. The van der Waals surface area contributed by atoms with Crippen LogP contribution < -0.4 is 5.32 Å². The molecule has 35 heavy (non-hydrogen) atoms. The summed E-state index contributed by atoms with van der Waals surface area (Å²) in [7, 11) is 0. The second kappa shape index (κ2) is 14.8. The van der Waals surface area contributed by atoms with E-state index in [0.29, 0.717) is 6.42 Å². The SMILES string of the molecule is CCCCCCN(C(=O)NCCCl)C1O[C@H](CO)[C@@H](O[C@H]2O[C@H](CO)[C@@H](O)[C@H](O)[C@H]2O)[C@H](O)[C@H]1O. The minimum absolute atomic E-state index is 0.167. The zero-order valence-electron chi connectivity index (χ0n) is 19.7. The van der Waals surface area contributed by atoms with E-state index in [1.54, 1.807) is 0 Å². The van der Waals surface area contributed by atoms with Crippen molar-refractivity contribution in [2.45, 2.75) is 94.0 Å². The van der Waals surface area contributed by atoms with Gasteiger partial charge in [0.05, 0.1) is 13.2 Å². The molecule has 13 nitrogen and oxygen atoms in total. The van der Waals surface area contributed by atoms with Crippen molar-refractivity contribution < 1.29 is 54.8 Å². The first kappa shape index (κ1) is 30.4. The van der Waals surface area contributed by atoms with Gasteiger partial charge in [-0.05, 0) is 6.42 Å². The average Bonchev–Trinajstić information content (AvgIpc) is 2.86. The number of nitrogens with zero attached hydrogens (tertiary/aromatic N) is 1. The lowest BCUT2D eigenvalue weighted by Gasteiger charge is -2.48.